The van der Waals surface area contributed by atoms with Crippen LogP contribution in [0.4, 0.5) is 8.78 Å². The standard InChI is InChI=1S/C21H32F2N4O.HI/c1-2-24-21(26-18-8-11-27(12-9-18)15-19(22)23)25-14-17-10-13-28-20(17)16-6-4-3-5-7-16;/h3-7,17-20H,2,8-15H2,1H3,(H2,24,25,26);1H. The third-order valence-electron chi connectivity index (χ3n) is 5.50. The van der Waals surface area contributed by atoms with Crippen LogP contribution in [0.1, 0.15) is 37.9 Å². The summed E-state index contributed by atoms with van der Waals surface area (Å²) in [6, 6.07) is 10.6. The fraction of sp³-hybridized carbons (Fsp3) is 0.667. The highest BCUT2D eigenvalue weighted by Crippen LogP contribution is 2.34. The van der Waals surface area contributed by atoms with Crippen LogP contribution in [0.5, 0.6) is 0 Å². The molecule has 2 aliphatic rings. The molecule has 2 heterocycles. The Morgan fingerprint density at radius 1 is 1.21 bits per heavy atom. The van der Waals surface area contributed by atoms with Gasteiger partial charge in [0.15, 0.2) is 5.96 Å². The molecule has 1 aromatic rings. The van der Waals surface area contributed by atoms with Crippen LogP contribution in [-0.4, -0.2) is 62.7 Å². The van der Waals surface area contributed by atoms with Gasteiger partial charge in [0.05, 0.1) is 12.6 Å². The van der Waals surface area contributed by atoms with Crippen molar-refractivity contribution in [1.29, 1.82) is 0 Å². The van der Waals surface area contributed by atoms with Crippen molar-refractivity contribution in [2.24, 2.45) is 10.9 Å². The number of benzene rings is 1. The maximum Gasteiger partial charge on any atom is 0.251 e. The van der Waals surface area contributed by atoms with Crippen molar-refractivity contribution < 1.29 is 13.5 Å². The van der Waals surface area contributed by atoms with E-state index in [4.69, 9.17) is 9.73 Å². The van der Waals surface area contributed by atoms with Gasteiger partial charge >= 0.3 is 0 Å². The van der Waals surface area contributed by atoms with Gasteiger partial charge in [-0.25, -0.2) is 8.78 Å². The Balaban J connectivity index is 0.00000300. The molecule has 0 spiro atoms. The Bertz CT molecular complexity index is 612. The van der Waals surface area contributed by atoms with Crippen molar-refractivity contribution in [3.05, 3.63) is 35.9 Å². The van der Waals surface area contributed by atoms with Crippen LogP contribution in [0, 0.1) is 5.92 Å². The van der Waals surface area contributed by atoms with E-state index in [2.05, 4.69) is 22.8 Å². The first-order valence-electron chi connectivity index (χ1n) is 10.4. The molecule has 0 saturated carbocycles. The number of guanidine groups is 1. The number of halogens is 3. The molecular formula is C21H33F2IN4O. The predicted molar refractivity (Wildman–Crippen MR) is 123 cm³/mol. The summed E-state index contributed by atoms with van der Waals surface area (Å²) in [5.74, 6) is 1.18. The van der Waals surface area contributed by atoms with E-state index in [9.17, 15) is 8.78 Å². The molecule has 2 fully saturated rings. The molecule has 2 unspecified atom stereocenters. The van der Waals surface area contributed by atoms with E-state index < -0.39 is 6.43 Å². The highest BCUT2D eigenvalue weighted by Gasteiger charge is 2.29. The van der Waals surface area contributed by atoms with Crippen LogP contribution >= 0.6 is 24.0 Å². The number of alkyl halides is 2. The fourth-order valence-corrected chi connectivity index (χ4v) is 4.01. The molecule has 5 nitrogen and oxygen atoms in total. The van der Waals surface area contributed by atoms with E-state index in [1.807, 2.05) is 30.0 Å². The van der Waals surface area contributed by atoms with Gasteiger partial charge in [-0.05, 0) is 31.7 Å². The highest BCUT2D eigenvalue weighted by atomic mass is 127. The van der Waals surface area contributed by atoms with E-state index in [1.54, 1.807) is 0 Å². The van der Waals surface area contributed by atoms with Crippen LogP contribution in [-0.2, 0) is 4.74 Å². The monoisotopic (exact) mass is 522 g/mol. The van der Waals surface area contributed by atoms with Gasteiger partial charge in [-0.2, -0.15) is 0 Å². The lowest BCUT2D eigenvalue weighted by molar-refractivity contribution is 0.0744. The summed E-state index contributed by atoms with van der Waals surface area (Å²) >= 11 is 0. The minimum absolute atomic E-state index is 0. The zero-order chi connectivity index (χ0) is 19.8. The summed E-state index contributed by atoms with van der Waals surface area (Å²) in [7, 11) is 0. The number of nitrogens with zero attached hydrogens (tertiary/aromatic N) is 2. The molecule has 0 radical (unpaired) electrons. The first kappa shape index (κ1) is 24.3. The molecule has 8 heteroatoms. The van der Waals surface area contributed by atoms with Gasteiger partial charge in [0.25, 0.3) is 6.43 Å². The molecule has 2 N–H and O–H groups in total. The Morgan fingerprint density at radius 2 is 1.93 bits per heavy atom. The molecule has 2 aliphatic heterocycles. The second-order valence-electron chi connectivity index (χ2n) is 7.58. The van der Waals surface area contributed by atoms with Crippen LogP contribution in [0.3, 0.4) is 0 Å². The second kappa shape index (κ2) is 12.6. The highest BCUT2D eigenvalue weighted by molar-refractivity contribution is 14.0. The molecule has 0 aliphatic carbocycles. The molecule has 2 saturated heterocycles. The van der Waals surface area contributed by atoms with Crippen molar-refractivity contribution in [3.8, 4) is 0 Å². The van der Waals surface area contributed by atoms with Gasteiger partial charge in [-0.3, -0.25) is 9.89 Å². The number of aliphatic imine (C=N–C) groups is 1. The van der Waals surface area contributed by atoms with E-state index in [0.29, 0.717) is 25.6 Å². The Labute approximate surface area is 189 Å². The molecule has 0 aromatic heterocycles. The summed E-state index contributed by atoms with van der Waals surface area (Å²) in [5, 5.41) is 6.81. The van der Waals surface area contributed by atoms with Crippen molar-refractivity contribution in [2.45, 2.75) is 44.8 Å². The van der Waals surface area contributed by atoms with E-state index in [1.165, 1.54) is 5.56 Å². The van der Waals surface area contributed by atoms with E-state index in [0.717, 1.165) is 38.4 Å². The number of hydrogen-bond donors (Lipinski definition) is 2. The van der Waals surface area contributed by atoms with Gasteiger partial charge in [-0.15, -0.1) is 24.0 Å². The maximum atomic E-state index is 12.5. The lowest BCUT2D eigenvalue weighted by atomic mass is 9.95. The molecule has 3 rings (SSSR count). The molecule has 2 atom stereocenters. The topological polar surface area (TPSA) is 48.9 Å². The fourth-order valence-electron chi connectivity index (χ4n) is 4.01. The van der Waals surface area contributed by atoms with Gasteiger partial charge in [0.2, 0.25) is 0 Å². The van der Waals surface area contributed by atoms with Gasteiger partial charge < -0.3 is 15.4 Å². The first-order chi connectivity index (χ1) is 13.7. The quantitative estimate of drug-likeness (QED) is 0.326. The summed E-state index contributed by atoms with van der Waals surface area (Å²) < 4.78 is 31.0. The van der Waals surface area contributed by atoms with Crippen molar-refractivity contribution in [3.63, 3.8) is 0 Å². The smallest absolute Gasteiger partial charge is 0.251 e. The summed E-state index contributed by atoms with van der Waals surface area (Å²) in [6.45, 7) is 5.60. The first-order valence-corrected chi connectivity index (χ1v) is 10.4. The van der Waals surface area contributed by atoms with Crippen LogP contribution in [0.25, 0.3) is 0 Å². The largest absolute Gasteiger partial charge is 0.373 e. The zero-order valence-corrected chi connectivity index (χ0v) is 19.4. The lowest BCUT2D eigenvalue weighted by Crippen LogP contribution is -2.49. The number of rotatable bonds is 7. The van der Waals surface area contributed by atoms with Crippen LogP contribution < -0.4 is 10.6 Å². The normalized spacial score (nSPS) is 23.8. The molecule has 164 valence electrons. The molecular weight excluding hydrogens is 489 g/mol. The maximum absolute atomic E-state index is 12.5. The molecule has 0 bridgehead atoms. The average Bonchev–Trinajstić information content (AvgIpc) is 3.17. The third-order valence-corrected chi connectivity index (χ3v) is 5.50. The lowest BCUT2D eigenvalue weighted by Gasteiger charge is -2.32. The summed E-state index contributed by atoms with van der Waals surface area (Å²) in [4.78, 5) is 6.65. The Kier molecular flexibility index (Phi) is 10.6. The summed E-state index contributed by atoms with van der Waals surface area (Å²) in [5.41, 5.74) is 1.21. The Morgan fingerprint density at radius 3 is 2.59 bits per heavy atom. The van der Waals surface area contributed by atoms with Crippen molar-refractivity contribution in [1.82, 2.24) is 15.5 Å². The average molecular weight is 522 g/mol. The van der Waals surface area contributed by atoms with E-state index >= 15 is 0 Å². The van der Waals surface area contributed by atoms with Crippen molar-refractivity contribution >= 4 is 29.9 Å². The van der Waals surface area contributed by atoms with Crippen LogP contribution in [0.15, 0.2) is 35.3 Å². The third kappa shape index (κ3) is 7.64. The van der Waals surface area contributed by atoms with Crippen molar-refractivity contribution in [2.75, 3.05) is 39.3 Å². The second-order valence-corrected chi connectivity index (χ2v) is 7.58. The molecule has 1 aromatic carbocycles. The minimum atomic E-state index is -2.26. The number of likely N-dealkylation sites (tertiary alicyclic amines) is 1. The van der Waals surface area contributed by atoms with Crippen LogP contribution in [0.2, 0.25) is 0 Å². The number of hydrogen-bond acceptors (Lipinski definition) is 3. The van der Waals surface area contributed by atoms with Gasteiger partial charge in [0.1, 0.15) is 0 Å². The van der Waals surface area contributed by atoms with Gasteiger partial charge in [-0.1, -0.05) is 30.3 Å². The molecule has 0 amide bonds. The summed E-state index contributed by atoms with van der Waals surface area (Å²) in [6.07, 6.45) is 0.571. The van der Waals surface area contributed by atoms with E-state index in [-0.39, 0.29) is 42.7 Å². The SMILES string of the molecule is CCNC(=NCC1CCOC1c1ccccc1)NC1CCN(CC(F)F)CC1.I. The van der Waals surface area contributed by atoms with Gasteiger partial charge in [0, 0.05) is 44.7 Å². The Hall–Kier alpha value is -1.00. The number of piperidine rings is 1. The number of nitrogens with one attached hydrogen (secondary N) is 2. The zero-order valence-electron chi connectivity index (χ0n) is 17.0. The number of ether oxygens (including phenoxy) is 1. The minimum Gasteiger partial charge on any atom is -0.373 e. The molecule has 29 heavy (non-hydrogen) atoms. The predicted octanol–water partition coefficient (Wildman–Crippen LogP) is 3.67.